The summed E-state index contributed by atoms with van der Waals surface area (Å²) in [4.78, 5) is 16.6. The first-order valence-electron chi connectivity index (χ1n) is 8.17. The second kappa shape index (κ2) is 7.55. The molecule has 2 N–H and O–H groups in total. The number of sulfone groups is 1. The molecule has 0 bridgehead atoms. The van der Waals surface area contributed by atoms with Gasteiger partial charge in [0.15, 0.2) is 15.0 Å². The van der Waals surface area contributed by atoms with E-state index in [1.165, 1.54) is 11.8 Å². The average molecular weight is 402 g/mol. The molecule has 25 heavy (non-hydrogen) atoms. The Morgan fingerprint density at radius 1 is 1.40 bits per heavy atom. The van der Waals surface area contributed by atoms with Crippen LogP contribution in [0.2, 0.25) is 5.02 Å². The van der Waals surface area contributed by atoms with Gasteiger partial charge in [0.05, 0.1) is 28.3 Å². The van der Waals surface area contributed by atoms with Crippen molar-refractivity contribution in [2.75, 3.05) is 23.4 Å². The molecular weight excluding hydrogens is 382 g/mol. The van der Waals surface area contributed by atoms with Crippen molar-refractivity contribution in [1.82, 2.24) is 5.32 Å². The number of nitrogens with one attached hydrogen (secondary N) is 2. The van der Waals surface area contributed by atoms with Gasteiger partial charge in [-0.1, -0.05) is 36.7 Å². The van der Waals surface area contributed by atoms with E-state index < -0.39 is 9.84 Å². The zero-order valence-electron chi connectivity index (χ0n) is 13.8. The Labute approximate surface area is 156 Å². The van der Waals surface area contributed by atoms with Crippen LogP contribution in [0.25, 0.3) is 0 Å². The topological polar surface area (TPSA) is 87.6 Å². The van der Waals surface area contributed by atoms with E-state index in [0.717, 1.165) is 12.8 Å². The summed E-state index contributed by atoms with van der Waals surface area (Å²) < 4.78 is 23.2. The van der Waals surface area contributed by atoms with E-state index >= 15 is 0 Å². The minimum Gasteiger partial charge on any atom is -0.352 e. The second-order valence-electron chi connectivity index (χ2n) is 6.16. The van der Waals surface area contributed by atoms with Gasteiger partial charge >= 0.3 is 0 Å². The monoisotopic (exact) mass is 401 g/mol. The summed E-state index contributed by atoms with van der Waals surface area (Å²) in [7, 11) is -2.97. The standard InChI is InChI=1S/C16H20ClN3O3S2/c1-2-3-6-18-15(21)10-4-5-11(17)12(7-10)19-16-20-13-8-25(22,23)9-14(13)24-16/h4-5,7,13-14H,2-3,6,8-9H2,1H3,(H,18,21)(H,19,20)/t13-,14+/m0/s1. The molecule has 3 rings (SSSR count). The number of benzene rings is 1. The normalized spacial score (nSPS) is 23.8. The van der Waals surface area contributed by atoms with Crippen LogP contribution in [-0.2, 0) is 9.84 Å². The summed E-state index contributed by atoms with van der Waals surface area (Å²) in [6.07, 6.45) is 1.95. The van der Waals surface area contributed by atoms with Crippen LogP contribution in [0.5, 0.6) is 0 Å². The Morgan fingerprint density at radius 2 is 2.20 bits per heavy atom. The van der Waals surface area contributed by atoms with Crippen molar-refractivity contribution in [2.24, 2.45) is 4.99 Å². The van der Waals surface area contributed by atoms with Crippen LogP contribution in [-0.4, -0.2) is 48.8 Å². The second-order valence-corrected chi connectivity index (χ2v) is 9.95. The van der Waals surface area contributed by atoms with Crippen LogP contribution in [0.1, 0.15) is 30.1 Å². The number of carbonyl (C=O) groups is 1. The van der Waals surface area contributed by atoms with E-state index in [0.29, 0.717) is 28.0 Å². The molecule has 2 aliphatic heterocycles. The van der Waals surface area contributed by atoms with E-state index in [9.17, 15) is 13.2 Å². The molecule has 2 atom stereocenters. The van der Waals surface area contributed by atoms with Gasteiger partial charge in [-0.05, 0) is 24.6 Å². The Kier molecular flexibility index (Phi) is 5.60. The van der Waals surface area contributed by atoms with Gasteiger partial charge in [-0.2, -0.15) is 0 Å². The van der Waals surface area contributed by atoms with Crippen LogP contribution in [0, 0.1) is 0 Å². The molecule has 6 nitrogen and oxygen atoms in total. The summed E-state index contributed by atoms with van der Waals surface area (Å²) in [5.41, 5.74) is 1.12. The van der Waals surface area contributed by atoms with Gasteiger partial charge in [0.1, 0.15) is 0 Å². The van der Waals surface area contributed by atoms with E-state index in [1.807, 2.05) is 0 Å². The third-order valence-corrected chi connectivity index (χ3v) is 7.58. The van der Waals surface area contributed by atoms with Crippen molar-refractivity contribution in [3.63, 3.8) is 0 Å². The van der Waals surface area contributed by atoms with Crippen LogP contribution < -0.4 is 10.6 Å². The number of hydrogen-bond acceptors (Lipinski definition) is 6. The molecule has 1 amide bonds. The fourth-order valence-electron chi connectivity index (χ4n) is 2.77. The molecule has 0 spiro atoms. The van der Waals surface area contributed by atoms with Crippen molar-refractivity contribution >= 4 is 50.0 Å². The van der Waals surface area contributed by atoms with Gasteiger partial charge in [-0.25, -0.2) is 8.42 Å². The number of nitrogens with zero attached hydrogens (tertiary/aromatic N) is 1. The number of amidine groups is 1. The minimum absolute atomic E-state index is 0.0354. The molecule has 1 saturated heterocycles. The lowest BCUT2D eigenvalue weighted by molar-refractivity contribution is 0.0953. The number of rotatable bonds is 5. The van der Waals surface area contributed by atoms with Gasteiger partial charge in [0, 0.05) is 17.4 Å². The van der Waals surface area contributed by atoms with Gasteiger partial charge in [-0.15, -0.1) is 0 Å². The molecule has 1 aromatic rings. The summed E-state index contributed by atoms with van der Waals surface area (Å²) in [5.74, 6) is 0.116. The number of halogens is 1. The lowest BCUT2D eigenvalue weighted by Gasteiger charge is -2.11. The van der Waals surface area contributed by atoms with Crippen LogP contribution >= 0.6 is 23.4 Å². The molecular formula is C16H20ClN3O3S2. The van der Waals surface area contributed by atoms with Crippen LogP contribution in [0.4, 0.5) is 5.69 Å². The molecule has 9 heteroatoms. The highest BCUT2D eigenvalue weighted by Gasteiger charge is 2.42. The first-order valence-corrected chi connectivity index (χ1v) is 11.3. The van der Waals surface area contributed by atoms with Crippen molar-refractivity contribution in [3.8, 4) is 0 Å². The number of hydrogen-bond donors (Lipinski definition) is 2. The lowest BCUT2D eigenvalue weighted by atomic mass is 10.2. The first-order chi connectivity index (χ1) is 11.9. The molecule has 0 radical (unpaired) electrons. The maximum atomic E-state index is 12.2. The number of amides is 1. The predicted octanol–water partition coefficient (Wildman–Crippen LogP) is 2.55. The molecule has 1 fully saturated rings. The fraction of sp³-hybridized carbons (Fsp3) is 0.500. The summed E-state index contributed by atoms with van der Waals surface area (Å²) in [6, 6.07) is 4.85. The van der Waals surface area contributed by atoms with Crippen molar-refractivity contribution < 1.29 is 13.2 Å². The highest BCUT2D eigenvalue weighted by molar-refractivity contribution is 8.15. The van der Waals surface area contributed by atoms with Crippen LogP contribution in [0.3, 0.4) is 0 Å². The Balaban J connectivity index is 1.69. The highest BCUT2D eigenvalue weighted by Crippen LogP contribution is 2.35. The molecule has 2 heterocycles. The fourth-order valence-corrected chi connectivity index (χ4v) is 6.61. The van der Waals surface area contributed by atoms with E-state index in [1.54, 1.807) is 18.2 Å². The quantitative estimate of drug-likeness (QED) is 0.740. The van der Waals surface area contributed by atoms with Gasteiger partial charge in [0.25, 0.3) is 5.91 Å². The zero-order valence-corrected chi connectivity index (χ0v) is 16.2. The maximum Gasteiger partial charge on any atom is 0.251 e. The summed E-state index contributed by atoms with van der Waals surface area (Å²) in [6.45, 7) is 2.71. The Morgan fingerprint density at radius 3 is 2.92 bits per heavy atom. The molecule has 0 saturated carbocycles. The SMILES string of the molecule is CCCCNC(=O)c1ccc(Cl)c(NC2=N[C@H]3CS(=O)(=O)C[C@H]3S2)c1. The number of carbonyl (C=O) groups excluding carboxylic acids is 1. The van der Waals surface area contributed by atoms with E-state index in [4.69, 9.17) is 11.6 Å². The number of unbranched alkanes of at least 4 members (excludes halogenated alkanes) is 1. The van der Waals surface area contributed by atoms with Crippen molar-refractivity contribution in [2.45, 2.75) is 31.1 Å². The molecule has 1 aromatic carbocycles. The van der Waals surface area contributed by atoms with Crippen molar-refractivity contribution in [3.05, 3.63) is 28.8 Å². The third-order valence-electron chi connectivity index (χ3n) is 4.10. The molecule has 0 aliphatic carbocycles. The van der Waals surface area contributed by atoms with Crippen molar-refractivity contribution in [1.29, 1.82) is 0 Å². The van der Waals surface area contributed by atoms with Gasteiger partial charge < -0.3 is 10.6 Å². The average Bonchev–Trinajstić information content (AvgIpc) is 3.02. The molecule has 136 valence electrons. The van der Waals surface area contributed by atoms with E-state index in [-0.39, 0.29) is 28.7 Å². The first kappa shape index (κ1) is 18.5. The third kappa shape index (κ3) is 4.48. The van der Waals surface area contributed by atoms with Gasteiger partial charge in [-0.3, -0.25) is 9.79 Å². The smallest absolute Gasteiger partial charge is 0.251 e. The Hall–Kier alpha value is -1.25. The molecule has 2 aliphatic rings. The zero-order chi connectivity index (χ0) is 18.0. The van der Waals surface area contributed by atoms with Gasteiger partial charge in [0.2, 0.25) is 0 Å². The predicted molar refractivity (Wildman–Crippen MR) is 104 cm³/mol. The minimum atomic E-state index is -2.97. The molecule has 0 unspecified atom stereocenters. The summed E-state index contributed by atoms with van der Waals surface area (Å²) >= 11 is 7.64. The van der Waals surface area contributed by atoms with Crippen LogP contribution in [0.15, 0.2) is 23.2 Å². The number of anilines is 1. The Bertz CT molecular complexity index is 811. The maximum absolute atomic E-state index is 12.2. The largest absolute Gasteiger partial charge is 0.352 e. The number of aliphatic imine (C=N–C) groups is 1. The highest BCUT2D eigenvalue weighted by atomic mass is 35.5. The van der Waals surface area contributed by atoms with E-state index in [2.05, 4.69) is 22.5 Å². The number of fused-ring (bicyclic) bond motifs is 1. The number of thioether (sulfide) groups is 1. The lowest BCUT2D eigenvalue weighted by Crippen LogP contribution is -2.24. The summed E-state index contributed by atoms with van der Waals surface area (Å²) in [5, 5.41) is 7.10. The molecule has 0 aromatic heterocycles.